The van der Waals surface area contributed by atoms with Gasteiger partial charge < -0.3 is 15.2 Å². The molecule has 0 spiro atoms. The highest BCUT2D eigenvalue weighted by Crippen LogP contribution is 1.84. The van der Waals surface area contributed by atoms with Gasteiger partial charge in [-0.25, -0.2) is 0 Å². The number of methoxy groups -OCH3 is 1. The summed E-state index contributed by atoms with van der Waals surface area (Å²) >= 11 is 0. The zero-order valence-corrected chi connectivity index (χ0v) is 7.41. The lowest BCUT2D eigenvalue weighted by Gasteiger charge is -2.13. The lowest BCUT2D eigenvalue weighted by Crippen LogP contribution is -2.39. The van der Waals surface area contributed by atoms with Crippen LogP contribution in [0.15, 0.2) is 12.2 Å². The SMILES string of the molecule is C/C=C/C(=O)NC(CO)COC. The van der Waals surface area contributed by atoms with Gasteiger partial charge in [0.1, 0.15) is 0 Å². The largest absolute Gasteiger partial charge is 0.394 e. The van der Waals surface area contributed by atoms with Crippen LogP contribution < -0.4 is 5.32 Å². The van der Waals surface area contributed by atoms with E-state index >= 15 is 0 Å². The van der Waals surface area contributed by atoms with Crippen LogP contribution in [0.2, 0.25) is 0 Å². The topological polar surface area (TPSA) is 58.6 Å². The summed E-state index contributed by atoms with van der Waals surface area (Å²) in [4.78, 5) is 10.9. The van der Waals surface area contributed by atoms with E-state index in [9.17, 15) is 4.79 Å². The van der Waals surface area contributed by atoms with Gasteiger partial charge >= 0.3 is 0 Å². The summed E-state index contributed by atoms with van der Waals surface area (Å²) in [5.74, 6) is -0.214. The zero-order valence-electron chi connectivity index (χ0n) is 7.41. The van der Waals surface area contributed by atoms with Crippen LogP contribution in [0, 0.1) is 0 Å². The Labute approximate surface area is 72.2 Å². The third-order valence-electron chi connectivity index (χ3n) is 1.25. The summed E-state index contributed by atoms with van der Waals surface area (Å²) < 4.78 is 4.78. The van der Waals surface area contributed by atoms with Gasteiger partial charge in [-0.05, 0) is 13.0 Å². The van der Waals surface area contributed by atoms with Gasteiger partial charge in [-0.15, -0.1) is 0 Å². The molecule has 1 atom stereocenters. The van der Waals surface area contributed by atoms with Crippen molar-refractivity contribution in [1.29, 1.82) is 0 Å². The van der Waals surface area contributed by atoms with Crippen molar-refractivity contribution in [3.8, 4) is 0 Å². The van der Waals surface area contributed by atoms with Gasteiger partial charge in [0, 0.05) is 7.11 Å². The lowest BCUT2D eigenvalue weighted by atomic mass is 10.3. The van der Waals surface area contributed by atoms with Crippen LogP contribution >= 0.6 is 0 Å². The van der Waals surface area contributed by atoms with Gasteiger partial charge in [0.05, 0.1) is 19.3 Å². The van der Waals surface area contributed by atoms with Crippen LogP contribution in [0.1, 0.15) is 6.92 Å². The second-order valence-corrected chi connectivity index (χ2v) is 2.34. The zero-order chi connectivity index (χ0) is 9.40. The van der Waals surface area contributed by atoms with Gasteiger partial charge in [-0.2, -0.15) is 0 Å². The molecule has 12 heavy (non-hydrogen) atoms. The highest BCUT2D eigenvalue weighted by Gasteiger charge is 2.07. The minimum absolute atomic E-state index is 0.114. The van der Waals surface area contributed by atoms with E-state index in [1.165, 1.54) is 13.2 Å². The summed E-state index contributed by atoms with van der Waals surface area (Å²) in [6.07, 6.45) is 3.04. The highest BCUT2D eigenvalue weighted by molar-refractivity contribution is 5.87. The van der Waals surface area contributed by atoms with Crippen molar-refractivity contribution in [3.63, 3.8) is 0 Å². The molecule has 0 aliphatic carbocycles. The molecule has 0 heterocycles. The van der Waals surface area contributed by atoms with Crippen LogP contribution in [0.4, 0.5) is 0 Å². The third-order valence-corrected chi connectivity index (χ3v) is 1.25. The first-order chi connectivity index (χ1) is 5.74. The monoisotopic (exact) mass is 173 g/mol. The number of rotatable bonds is 5. The molecule has 4 heteroatoms. The molecule has 0 saturated heterocycles. The molecule has 0 fully saturated rings. The van der Waals surface area contributed by atoms with Crippen LogP contribution in [0.3, 0.4) is 0 Å². The van der Waals surface area contributed by atoms with Crippen molar-refractivity contribution in [1.82, 2.24) is 5.32 Å². The summed E-state index contributed by atoms with van der Waals surface area (Å²) in [5, 5.41) is 11.3. The molecule has 0 aromatic heterocycles. The van der Waals surface area contributed by atoms with E-state index in [0.29, 0.717) is 6.61 Å². The second kappa shape index (κ2) is 6.82. The molecule has 0 radical (unpaired) electrons. The van der Waals surface area contributed by atoms with Crippen molar-refractivity contribution < 1.29 is 14.6 Å². The number of amides is 1. The number of nitrogens with one attached hydrogen (secondary N) is 1. The maximum atomic E-state index is 10.9. The highest BCUT2D eigenvalue weighted by atomic mass is 16.5. The van der Waals surface area contributed by atoms with Crippen molar-refractivity contribution in [2.24, 2.45) is 0 Å². The predicted molar refractivity (Wildman–Crippen MR) is 45.7 cm³/mol. The molecule has 0 rings (SSSR count). The quantitative estimate of drug-likeness (QED) is 0.560. The first-order valence-electron chi connectivity index (χ1n) is 3.77. The molecule has 0 aromatic rings. The maximum Gasteiger partial charge on any atom is 0.244 e. The fraction of sp³-hybridized carbons (Fsp3) is 0.625. The number of hydrogen-bond donors (Lipinski definition) is 2. The molecule has 0 aromatic carbocycles. The first-order valence-corrected chi connectivity index (χ1v) is 3.77. The van der Waals surface area contributed by atoms with Gasteiger partial charge in [-0.3, -0.25) is 4.79 Å². The number of carbonyl (C=O) groups excluding carboxylic acids is 1. The molecular formula is C8H15NO3. The Morgan fingerprint density at radius 3 is 2.83 bits per heavy atom. The Balaban J connectivity index is 3.76. The fourth-order valence-electron chi connectivity index (χ4n) is 0.742. The van der Waals surface area contributed by atoms with Crippen LogP contribution in [0.25, 0.3) is 0 Å². The number of allylic oxidation sites excluding steroid dienone is 1. The summed E-state index contributed by atoms with van der Waals surface area (Å²) in [6, 6.07) is -0.321. The number of ether oxygens (including phenoxy) is 1. The lowest BCUT2D eigenvalue weighted by molar-refractivity contribution is -0.117. The molecule has 2 N–H and O–H groups in total. The number of aliphatic hydroxyl groups is 1. The molecule has 1 unspecified atom stereocenters. The molecule has 0 bridgehead atoms. The second-order valence-electron chi connectivity index (χ2n) is 2.34. The van der Waals surface area contributed by atoms with Crippen molar-refractivity contribution in [2.45, 2.75) is 13.0 Å². The third kappa shape index (κ3) is 4.87. The summed E-state index contributed by atoms with van der Waals surface area (Å²) in [5.41, 5.74) is 0. The van der Waals surface area contributed by atoms with Gasteiger partial charge in [0.2, 0.25) is 5.91 Å². The van der Waals surface area contributed by atoms with Crippen LogP contribution in [-0.4, -0.2) is 37.4 Å². The summed E-state index contributed by atoms with van der Waals surface area (Å²) in [6.45, 7) is 1.96. The summed E-state index contributed by atoms with van der Waals surface area (Å²) in [7, 11) is 1.52. The molecular weight excluding hydrogens is 158 g/mol. The van der Waals surface area contributed by atoms with E-state index in [1.54, 1.807) is 13.0 Å². The molecule has 70 valence electrons. The first kappa shape index (κ1) is 11.1. The van der Waals surface area contributed by atoms with E-state index in [-0.39, 0.29) is 18.6 Å². The average Bonchev–Trinajstić information content (AvgIpc) is 2.04. The molecule has 4 nitrogen and oxygen atoms in total. The molecule has 1 amide bonds. The predicted octanol–water partition coefficient (Wildman–Crippen LogP) is -0.314. The van der Waals surface area contributed by atoms with E-state index < -0.39 is 0 Å². The Morgan fingerprint density at radius 2 is 2.42 bits per heavy atom. The Morgan fingerprint density at radius 1 is 1.75 bits per heavy atom. The van der Waals surface area contributed by atoms with E-state index in [2.05, 4.69) is 5.32 Å². The van der Waals surface area contributed by atoms with Crippen molar-refractivity contribution in [3.05, 3.63) is 12.2 Å². The Hall–Kier alpha value is -0.870. The van der Waals surface area contributed by atoms with Crippen LogP contribution in [0.5, 0.6) is 0 Å². The minimum Gasteiger partial charge on any atom is -0.394 e. The van der Waals surface area contributed by atoms with Gasteiger partial charge in [0.25, 0.3) is 0 Å². The Kier molecular flexibility index (Phi) is 6.32. The molecule has 0 aliphatic heterocycles. The van der Waals surface area contributed by atoms with Gasteiger partial charge in [0.15, 0.2) is 0 Å². The van der Waals surface area contributed by atoms with E-state index in [0.717, 1.165) is 0 Å². The minimum atomic E-state index is -0.321. The number of carbonyl (C=O) groups is 1. The smallest absolute Gasteiger partial charge is 0.244 e. The average molecular weight is 173 g/mol. The van der Waals surface area contributed by atoms with E-state index in [4.69, 9.17) is 9.84 Å². The Bertz CT molecular complexity index is 156. The van der Waals surface area contributed by atoms with Crippen LogP contribution in [-0.2, 0) is 9.53 Å². The van der Waals surface area contributed by atoms with Gasteiger partial charge in [-0.1, -0.05) is 6.08 Å². The number of aliphatic hydroxyl groups excluding tert-OH is 1. The van der Waals surface area contributed by atoms with Crippen molar-refractivity contribution >= 4 is 5.91 Å². The normalized spacial score (nSPS) is 13.2. The maximum absolute atomic E-state index is 10.9. The molecule has 0 saturated carbocycles. The standard InChI is InChI=1S/C8H15NO3/c1-3-4-8(11)9-7(5-10)6-12-2/h3-4,7,10H,5-6H2,1-2H3,(H,9,11)/b4-3+. The molecule has 0 aliphatic rings. The fourth-order valence-corrected chi connectivity index (χ4v) is 0.742. The van der Waals surface area contributed by atoms with Crippen molar-refractivity contribution in [2.75, 3.05) is 20.3 Å². The number of hydrogen-bond acceptors (Lipinski definition) is 3. The van der Waals surface area contributed by atoms with E-state index in [1.807, 2.05) is 0 Å².